The van der Waals surface area contributed by atoms with E-state index in [-0.39, 0.29) is 18.9 Å². The van der Waals surface area contributed by atoms with E-state index < -0.39 is 18.1 Å². The van der Waals surface area contributed by atoms with Crippen LogP contribution in [0.25, 0.3) is 0 Å². The van der Waals surface area contributed by atoms with Crippen molar-refractivity contribution in [3.8, 4) is 0 Å². The largest absolute Gasteiger partial charge is 0.480 e. The maximum atomic E-state index is 12.1. The highest BCUT2D eigenvalue weighted by molar-refractivity contribution is 5.87. The summed E-state index contributed by atoms with van der Waals surface area (Å²) < 4.78 is 0. The van der Waals surface area contributed by atoms with E-state index in [9.17, 15) is 9.59 Å². The number of carboxylic acids is 1. The molecular formula is C14H18N2O4. The molecule has 6 heteroatoms. The summed E-state index contributed by atoms with van der Waals surface area (Å²) in [4.78, 5) is 23.0. The Kier molecular flexibility index (Phi) is 4.70. The van der Waals surface area contributed by atoms with Gasteiger partial charge < -0.3 is 20.8 Å². The van der Waals surface area contributed by atoms with Crippen molar-refractivity contribution >= 4 is 11.9 Å². The number of fused-ring (bicyclic) bond motifs is 1. The van der Waals surface area contributed by atoms with Gasteiger partial charge in [-0.1, -0.05) is 24.3 Å². The Morgan fingerprint density at radius 1 is 1.35 bits per heavy atom. The van der Waals surface area contributed by atoms with Crippen molar-refractivity contribution in [3.05, 3.63) is 35.4 Å². The van der Waals surface area contributed by atoms with Gasteiger partial charge in [0.05, 0.1) is 6.04 Å². The molecular weight excluding hydrogens is 260 g/mol. The van der Waals surface area contributed by atoms with Crippen molar-refractivity contribution in [2.75, 3.05) is 6.61 Å². The molecule has 0 spiro atoms. The molecule has 2 atom stereocenters. The van der Waals surface area contributed by atoms with Gasteiger partial charge >= 0.3 is 5.97 Å². The summed E-state index contributed by atoms with van der Waals surface area (Å²) in [6, 6.07) is 6.35. The van der Waals surface area contributed by atoms with Crippen LogP contribution >= 0.6 is 0 Å². The van der Waals surface area contributed by atoms with Gasteiger partial charge in [0, 0.05) is 19.6 Å². The molecule has 1 heterocycles. The molecule has 1 aromatic carbocycles. The lowest BCUT2D eigenvalue weighted by molar-refractivity contribution is -0.142. The smallest absolute Gasteiger partial charge is 0.326 e. The van der Waals surface area contributed by atoms with Crippen LogP contribution in [-0.4, -0.2) is 40.8 Å². The Morgan fingerprint density at radius 3 is 2.70 bits per heavy atom. The molecule has 0 fully saturated rings. The van der Waals surface area contributed by atoms with E-state index in [0.717, 1.165) is 11.1 Å². The Bertz CT molecular complexity index is 504. The van der Waals surface area contributed by atoms with Crippen molar-refractivity contribution in [1.82, 2.24) is 10.6 Å². The zero-order chi connectivity index (χ0) is 14.5. The second-order valence-corrected chi connectivity index (χ2v) is 4.82. The SMILES string of the molecule is O=C(O)C(CCO)NC(=O)C1Cc2ccccc2CN1. The number of carboxylic acid groups (broad SMARTS) is 1. The molecule has 0 bridgehead atoms. The van der Waals surface area contributed by atoms with Gasteiger partial charge in [-0.25, -0.2) is 4.79 Å². The van der Waals surface area contributed by atoms with Crippen LogP contribution in [0.5, 0.6) is 0 Å². The molecule has 2 rings (SSSR count). The van der Waals surface area contributed by atoms with Crippen molar-refractivity contribution in [2.24, 2.45) is 0 Å². The lowest BCUT2D eigenvalue weighted by atomic mass is 9.95. The van der Waals surface area contributed by atoms with Gasteiger partial charge in [-0.15, -0.1) is 0 Å². The first kappa shape index (κ1) is 14.5. The van der Waals surface area contributed by atoms with E-state index in [0.29, 0.717) is 13.0 Å². The van der Waals surface area contributed by atoms with Crippen LogP contribution in [0.1, 0.15) is 17.5 Å². The molecule has 0 aromatic heterocycles. The van der Waals surface area contributed by atoms with E-state index >= 15 is 0 Å². The molecule has 1 amide bonds. The lowest BCUT2D eigenvalue weighted by Gasteiger charge is -2.26. The average Bonchev–Trinajstić information content (AvgIpc) is 2.46. The number of amides is 1. The number of aliphatic hydroxyl groups is 1. The minimum absolute atomic E-state index is 0.00435. The summed E-state index contributed by atoms with van der Waals surface area (Å²) in [5.41, 5.74) is 2.25. The van der Waals surface area contributed by atoms with Gasteiger partial charge in [0.1, 0.15) is 6.04 Å². The molecule has 108 valence electrons. The zero-order valence-electron chi connectivity index (χ0n) is 11.0. The van der Waals surface area contributed by atoms with Crippen LogP contribution in [0.15, 0.2) is 24.3 Å². The molecule has 0 saturated carbocycles. The summed E-state index contributed by atoms with van der Waals surface area (Å²) in [5, 5.41) is 23.3. The van der Waals surface area contributed by atoms with Gasteiger partial charge in [-0.05, 0) is 17.5 Å². The van der Waals surface area contributed by atoms with Crippen molar-refractivity contribution < 1.29 is 19.8 Å². The van der Waals surface area contributed by atoms with Gasteiger partial charge in [-0.2, -0.15) is 0 Å². The molecule has 1 aliphatic rings. The molecule has 0 radical (unpaired) electrons. The molecule has 4 N–H and O–H groups in total. The molecule has 1 aliphatic heterocycles. The summed E-state index contributed by atoms with van der Waals surface area (Å²) in [7, 11) is 0. The summed E-state index contributed by atoms with van der Waals surface area (Å²) >= 11 is 0. The number of aliphatic carboxylic acids is 1. The van der Waals surface area contributed by atoms with Crippen molar-refractivity contribution in [2.45, 2.75) is 31.5 Å². The summed E-state index contributed by atoms with van der Waals surface area (Å²) in [5.74, 6) is -1.48. The van der Waals surface area contributed by atoms with Gasteiger partial charge in [-0.3, -0.25) is 4.79 Å². The van der Waals surface area contributed by atoms with E-state index in [1.807, 2.05) is 24.3 Å². The topological polar surface area (TPSA) is 98.7 Å². The molecule has 0 saturated heterocycles. The van der Waals surface area contributed by atoms with E-state index in [4.69, 9.17) is 10.2 Å². The first-order chi connectivity index (χ1) is 9.61. The quantitative estimate of drug-likeness (QED) is 0.590. The fourth-order valence-corrected chi connectivity index (χ4v) is 2.30. The van der Waals surface area contributed by atoms with Crippen LogP contribution in [0.2, 0.25) is 0 Å². The fourth-order valence-electron chi connectivity index (χ4n) is 2.30. The van der Waals surface area contributed by atoms with Crippen molar-refractivity contribution in [1.29, 1.82) is 0 Å². The number of hydrogen-bond donors (Lipinski definition) is 4. The highest BCUT2D eigenvalue weighted by Gasteiger charge is 2.27. The van der Waals surface area contributed by atoms with E-state index in [1.165, 1.54) is 0 Å². The Morgan fingerprint density at radius 2 is 2.05 bits per heavy atom. The van der Waals surface area contributed by atoms with Crippen LogP contribution in [0.3, 0.4) is 0 Å². The third-order valence-corrected chi connectivity index (χ3v) is 3.43. The summed E-state index contributed by atoms with van der Waals surface area (Å²) in [6.45, 7) is 0.310. The number of benzene rings is 1. The maximum Gasteiger partial charge on any atom is 0.326 e. The number of rotatable bonds is 5. The van der Waals surface area contributed by atoms with Crippen LogP contribution in [0.4, 0.5) is 0 Å². The maximum absolute atomic E-state index is 12.1. The number of aliphatic hydroxyl groups excluding tert-OH is 1. The number of nitrogens with one attached hydrogen (secondary N) is 2. The predicted octanol–water partition coefficient (Wildman–Crippen LogP) is -0.347. The molecule has 0 aliphatic carbocycles. The van der Waals surface area contributed by atoms with Crippen LogP contribution in [-0.2, 0) is 22.6 Å². The number of carbonyl (C=O) groups is 2. The number of carbonyl (C=O) groups excluding carboxylic acids is 1. The van der Waals surface area contributed by atoms with Gasteiger partial charge in [0.15, 0.2) is 0 Å². The monoisotopic (exact) mass is 278 g/mol. The summed E-state index contributed by atoms with van der Waals surface area (Å²) in [6.07, 6.45) is 0.540. The van der Waals surface area contributed by atoms with Crippen LogP contribution < -0.4 is 10.6 Å². The third-order valence-electron chi connectivity index (χ3n) is 3.43. The fraction of sp³-hybridized carbons (Fsp3) is 0.429. The van der Waals surface area contributed by atoms with Crippen LogP contribution in [0, 0.1) is 0 Å². The normalized spacial score (nSPS) is 18.9. The zero-order valence-corrected chi connectivity index (χ0v) is 11.0. The average molecular weight is 278 g/mol. The third kappa shape index (κ3) is 3.34. The minimum Gasteiger partial charge on any atom is -0.480 e. The minimum atomic E-state index is -1.14. The molecule has 20 heavy (non-hydrogen) atoms. The highest BCUT2D eigenvalue weighted by atomic mass is 16.4. The Balaban J connectivity index is 1.99. The first-order valence-electron chi connectivity index (χ1n) is 6.56. The first-order valence-corrected chi connectivity index (χ1v) is 6.56. The molecule has 2 unspecified atom stereocenters. The second kappa shape index (κ2) is 6.49. The molecule has 1 aromatic rings. The van der Waals surface area contributed by atoms with E-state index in [2.05, 4.69) is 10.6 Å². The Labute approximate surface area is 116 Å². The van der Waals surface area contributed by atoms with Gasteiger partial charge in [0.25, 0.3) is 0 Å². The highest BCUT2D eigenvalue weighted by Crippen LogP contribution is 2.16. The predicted molar refractivity (Wildman–Crippen MR) is 72.0 cm³/mol. The van der Waals surface area contributed by atoms with E-state index in [1.54, 1.807) is 0 Å². The standard InChI is InChI=1S/C14H18N2O4/c17-6-5-11(14(19)20)16-13(18)12-7-9-3-1-2-4-10(9)8-15-12/h1-4,11-12,15,17H,5-8H2,(H,16,18)(H,19,20). The lowest BCUT2D eigenvalue weighted by Crippen LogP contribution is -2.52. The number of hydrogen-bond acceptors (Lipinski definition) is 4. The van der Waals surface area contributed by atoms with Crippen molar-refractivity contribution in [3.63, 3.8) is 0 Å². The Hall–Kier alpha value is -1.92. The van der Waals surface area contributed by atoms with Gasteiger partial charge in [0.2, 0.25) is 5.91 Å². The second-order valence-electron chi connectivity index (χ2n) is 4.82. The molecule has 6 nitrogen and oxygen atoms in total.